The van der Waals surface area contributed by atoms with Crippen LogP contribution in [0.4, 0.5) is 13.2 Å². The van der Waals surface area contributed by atoms with Crippen molar-refractivity contribution in [1.29, 1.82) is 0 Å². The third-order valence-corrected chi connectivity index (χ3v) is 4.45. The van der Waals surface area contributed by atoms with Crippen molar-refractivity contribution in [3.05, 3.63) is 63.3 Å². The Morgan fingerprint density at radius 2 is 1.91 bits per heavy atom. The fourth-order valence-corrected chi connectivity index (χ4v) is 3.12. The first-order valence-electron chi connectivity index (χ1n) is 6.76. The maximum atomic E-state index is 13.3. The molecule has 0 amide bonds. The van der Waals surface area contributed by atoms with Gasteiger partial charge in [0.05, 0.1) is 29.0 Å². The van der Waals surface area contributed by atoms with Crippen LogP contribution in [0.2, 0.25) is 5.02 Å². The molecule has 0 fully saturated rings. The molecule has 0 aliphatic carbocycles. The van der Waals surface area contributed by atoms with Gasteiger partial charge in [-0.2, -0.15) is 13.2 Å². The molecule has 0 aliphatic rings. The lowest BCUT2D eigenvalue weighted by Crippen LogP contribution is -2.14. The second-order valence-corrected chi connectivity index (χ2v) is 6.54. The summed E-state index contributed by atoms with van der Waals surface area (Å²) in [6.45, 7) is 1.71. The summed E-state index contributed by atoms with van der Waals surface area (Å²) >= 11 is 9.12. The van der Waals surface area contributed by atoms with Crippen molar-refractivity contribution in [3.8, 4) is 0 Å². The molecular weight excluding hydrogens is 393 g/mol. The molecule has 0 aliphatic heterocycles. The van der Waals surface area contributed by atoms with Crippen molar-refractivity contribution in [2.75, 3.05) is 0 Å². The highest BCUT2D eigenvalue weighted by atomic mass is 79.9. The van der Waals surface area contributed by atoms with Gasteiger partial charge >= 0.3 is 6.18 Å². The molecule has 120 valence electrons. The molecule has 1 atom stereocenters. The van der Waals surface area contributed by atoms with Gasteiger partial charge in [-0.3, -0.25) is 0 Å². The molecule has 0 bridgehead atoms. The summed E-state index contributed by atoms with van der Waals surface area (Å²) in [6, 6.07) is 8.80. The van der Waals surface area contributed by atoms with Gasteiger partial charge in [-0.1, -0.05) is 33.6 Å². The van der Waals surface area contributed by atoms with E-state index in [0.29, 0.717) is 0 Å². The quantitative estimate of drug-likeness (QED) is 0.507. The van der Waals surface area contributed by atoms with Crippen molar-refractivity contribution in [2.24, 2.45) is 0 Å². The van der Waals surface area contributed by atoms with E-state index >= 15 is 0 Å². The third-order valence-electron chi connectivity index (χ3n) is 3.72. The lowest BCUT2D eigenvalue weighted by Gasteiger charge is -2.20. The minimum atomic E-state index is -4.47. The van der Waals surface area contributed by atoms with Crippen LogP contribution in [-0.2, 0) is 6.18 Å². The highest BCUT2D eigenvalue weighted by molar-refractivity contribution is 9.10. The molecule has 0 N–H and O–H groups in total. The Morgan fingerprint density at radius 1 is 1.17 bits per heavy atom. The molecular formula is C16H11BrClF3N2. The summed E-state index contributed by atoms with van der Waals surface area (Å²) < 4.78 is 42.5. The minimum Gasteiger partial charge on any atom is -0.323 e. The van der Waals surface area contributed by atoms with Crippen molar-refractivity contribution in [2.45, 2.75) is 19.1 Å². The Balaban J connectivity index is 2.16. The van der Waals surface area contributed by atoms with Crippen LogP contribution in [0.3, 0.4) is 0 Å². The van der Waals surface area contributed by atoms with Gasteiger partial charge in [0, 0.05) is 9.50 Å². The van der Waals surface area contributed by atoms with E-state index in [1.165, 1.54) is 12.1 Å². The van der Waals surface area contributed by atoms with Crippen LogP contribution in [0.15, 0.2) is 47.2 Å². The number of hydrogen-bond donors (Lipinski definition) is 0. The first kappa shape index (κ1) is 16.3. The Kier molecular flexibility index (Phi) is 4.14. The fraction of sp³-hybridized carbons (Fsp3) is 0.188. The van der Waals surface area contributed by atoms with Crippen molar-refractivity contribution in [1.82, 2.24) is 9.55 Å². The van der Waals surface area contributed by atoms with Crippen LogP contribution in [0.5, 0.6) is 0 Å². The topological polar surface area (TPSA) is 17.8 Å². The van der Waals surface area contributed by atoms with Gasteiger partial charge in [-0.25, -0.2) is 4.98 Å². The Hall–Kier alpha value is -1.53. The van der Waals surface area contributed by atoms with E-state index in [9.17, 15) is 13.2 Å². The highest BCUT2D eigenvalue weighted by Gasteiger charge is 2.35. The number of alkyl halides is 3. The second kappa shape index (κ2) is 5.83. The molecule has 1 heterocycles. The maximum absolute atomic E-state index is 13.3. The molecule has 23 heavy (non-hydrogen) atoms. The number of imidazole rings is 1. The number of rotatable bonds is 2. The van der Waals surface area contributed by atoms with Gasteiger partial charge in [0.15, 0.2) is 0 Å². The number of benzene rings is 2. The molecule has 2 nitrogen and oxygen atoms in total. The summed E-state index contributed by atoms with van der Waals surface area (Å²) in [7, 11) is 0. The van der Waals surface area contributed by atoms with Gasteiger partial charge in [-0.05, 0) is 42.8 Å². The van der Waals surface area contributed by atoms with Gasteiger partial charge in [0.1, 0.15) is 0 Å². The molecule has 2 aromatic carbocycles. The number of nitrogens with zero attached hydrogens (tertiary/aromatic N) is 2. The summed E-state index contributed by atoms with van der Waals surface area (Å²) in [6.07, 6.45) is -2.91. The Morgan fingerprint density at radius 3 is 2.61 bits per heavy atom. The standard InChI is InChI=1S/C16H11BrClF3N2/c1-9(12-4-3-11(18)7-13(12)16(19,20)21)23-8-22-14-5-2-10(17)6-15(14)23/h2-9H,1H3. The zero-order valence-corrected chi connectivity index (χ0v) is 14.2. The highest BCUT2D eigenvalue weighted by Crippen LogP contribution is 2.38. The summed E-state index contributed by atoms with van der Waals surface area (Å²) in [4.78, 5) is 4.25. The first-order valence-corrected chi connectivity index (χ1v) is 7.93. The SMILES string of the molecule is CC(c1ccc(Cl)cc1C(F)(F)F)n1cnc2ccc(Br)cc21. The molecule has 0 spiro atoms. The summed E-state index contributed by atoms with van der Waals surface area (Å²) in [5.74, 6) is 0. The summed E-state index contributed by atoms with van der Waals surface area (Å²) in [5.41, 5.74) is 0.910. The molecule has 0 saturated heterocycles. The van der Waals surface area contributed by atoms with Crippen molar-refractivity contribution in [3.63, 3.8) is 0 Å². The zero-order valence-electron chi connectivity index (χ0n) is 11.9. The predicted octanol–water partition coefficient (Wildman–Crippen LogP) is 6.08. The van der Waals surface area contributed by atoms with E-state index in [0.717, 1.165) is 21.6 Å². The van der Waals surface area contributed by atoms with E-state index in [1.54, 1.807) is 17.8 Å². The second-order valence-electron chi connectivity index (χ2n) is 5.19. The number of hydrogen-bond acceptors (Lipinski definition) is 1. The van der Waals surface area contributed by atoms with E-state index in [2.05, 4.69) is 20.9 Å². The van der Waals surface area contributed by atoms with Crippen LogP contribution in [-0.4, -0.2) is 9.55 Å². The van der Waals surface area contributed by atoms with Crippen molar-refractivity contribution >= 4 is 38.6 Å². The van der Waals surface area contributed by atoms with E-state index in [1.807, 2.05) is 18.2 Å². The molecule has 3 aromatic rings. The fourth-order valence-electron chi connectivity index (χ4n) is 2.60. The minimum absolute atomic E-state index is 0.0616. The molecule has 1 aromatic heterocycles. The molecule has 3 rings (SSSR count). The largest absolute Gasteiger partial charge is 0.416 e. The normalized spacial score (nSPS) is 13.5. The molecule has 0 radical (unpaired) electrons. The predicted molar refractivity (Wildman–Crippen MR) is 87.7 cm³/mol. The van der Waals surface area contributed by atoms with Crippen LogP contribution < -0.4 is 0 Å². The maximum Gasteiger partial charge on any atom is 0.416 e. The number of aromatic nitrogens is 2. The van der Waals surface area contributed by atoms with E-state index < -0.39 is 17.8 Å². The lowest BCUT2D eigenvalue weighted by atomic mass is 10.0. The van der Waals surface area contributed by atoms with Gasteiger partial charge in [0.2, 0.25) is 0 Å². The van der Waals surface area contributed by atoms with Crippen LogP contribution >= 0.6 is 27.5 Å². The first-order chi connectivity index (χ1) is 10.8. The van der Waals surface area contributed by atoms with Gasteiger partial charge in [-0.15, -0.1) is 0 Å². The lowest BCUT2D eigenvalue weighted by molar-refractivity contribution is -0.138. The zero-order chi connectivity index (χ0) is 16.8. The average molecular weight is 404 g/mol. The van der Waals surface area contributed by atoms with Crippen LogP contribution in [0.1, 0.15) is 24.1 Å². The van der Waals surface area contributed by atoms with Gasteiger partial charge < -0.3 is 4.57 Å². The van der Waals surface area contributed by atoms with E-state index in [-0.39, 0.29) is 10.6 Å². The smallest absolute Gasteiger partial charge is 0.323 e. The Bertz CT molecular complexity index is 873. The number of fused-ring (bicyclic) bond motifs is 1. The third kappa shape index (κ3) is 3.10. The van der Waals surface area contributed by atoms with E-state index in [4.69, 9.17) is 11.6 Å². The average Bonchev–Trinajstić information content (AvgIpc) is 2.88. The molecule has 7 heteroatoms. The summed E-state index contributed by atoms with van der Waals surface area (Å²) in [5, 5.41) is 0.0616. The number of halogens is 5. The van der Waals surface area contributed by atoms with Crippen LogP contribution in [0.25, 0.3) is 11.0 Å². The van der Waals surface area contributed by atoms with Crippen LogP contribution in [0, 0.1) is 0 Å². The molecule has 1 unspecified atom stereocenters. The van der Waals surface area contributed by atoms with Crippen molar-refractivity contribution < 1.29 is 13.2 Å². The Labute approximate surface area is 144 Å². The monoisotopic (exact) mass is 402 g/mol. The molecule has 0 saturated carbocycles. The van der Waals surface area contributed by atoms with Gasteiger partial charge in [0.25, 0.3) is 0 Å².